The Labute approximate surface area is 176 Å². The number of rotatable bonds is 8. The molecule has 0 aliphatic rings. The summed E-state index contributed by atoms with van der Waals surface area (Å²) in [5.74, 6) is 6.86. The number of carbonyl (C=O) groups excluding carboxylic acids is 1. The van der Waals surface area contributed by atoms with Gasteiger partial charge in [-0.25, -0.2) is 9.66 Å². The molecule has 0 aliphatic heterocycles. The molecule has 1 amide bonds. The lowest BCUT2D eigenvalue weighted by Crippen LogP contribution is -2.28. The minimum absolute atomic E-state index is 0.0435. The number of nitrogens with one attached hydrogen (secondary N) is 1. The lowest BCUT2D eigenvalue weighted by Gasteiger charge is -2.15. The molecule has 3 N–H and O–H groups in total. The Balaban J connectivity index is 1.54. The molecule has 1 aromatic heterocycles. The molecule has 2 aromatic carbocycles. The highest BCUT2D eigenvalue weighted by Gasteiger charge is 2.13. The maximum Gasteiger partial charge on any atom is 0.230 e. The maximum atomic E-state index is 12.4. The molecule has 0 spiro atoms. The standard InChI is InChI=1S/C23H28N4OS/c1-16(2)13-18-9-11-19(12-10-18)17(3)25-22(28)15-29-23-26-21(14-27(23)24)20-7-5-4-6-8-20/h4-12,14,16-17H,13,15,24H2,1-3H3,(H,25,28)/t17-/m1/s1. The van der Waals surface area contributed by atoms with E-state index in [4.69, 9.17) is 5.84 Å². The Morgan fingerprint density at radius 3 is 2.45 bits per heavy atom. The molecule has 1 atom stereocenters. The molecule has 0 saturated heterocycles. The highest BCUT2D eigenvalue weighted by atomic mass is 32.2. The third-order valence-electron chi connectivity index (χ3n) is 4.60. The van der Waals surface area contributed by atoms with E-state index >= 15 is 0 Å². The summed E-state index contributed by atoms with van der Waals surface area (Å²) in [4.78, 5) is 16.9. The topological polar surface area (TPSA) is 72.9 Å². The number of thioether (sulfide) groups is 1. The molecule has 152 valence electrons. The van der Waals surface area contributed by atoms with Gasteiger partial charge in [-0.2, -0.15) is 0 Å². The van der Waals surface area contributed by atoms with Crippen LogP contribution in [0.5, 0.6) is 0 Å². The number of hydrogen-bond acceptors (Lipinski definition) is 4. The van der Waals surface area contributed by atoms with E-state index < -0.39 is 0 Å². The smallest absolute Gasteiger partial charge is 0.230 e. The average Bonchev–Trinajstić information content (AvgIpc) is 3.08. The summed E-state index contributed by atoms with van der Waals surface area (Å²) in [5, 5.41) is 3.66. The Hall–Kier alpha value is -2.73. The molecule has 0 saturated carbocycles. The first kappa shape index (κ1) is 21.0. The van der Waals surface area contributed by atoms with Crippen molar-refractivity contribution in [3.63, 3.8) is 0 Å². The van der Waals surface area contributed by atoms with E-state index in [1.165, 1.54) is 22.0 Å². The van der Waals surface area contributed by atoms with Crippen LogP contribution in [0.15, 0.2) is 66.0 Å². The van der Waals surface area contributed by atoms with E-state index in [-0.39, 0.29) is 17.7 Å². The summed E-state index contributed by atoms with van der Waals surface area (Å²) >= 11 is 1.33. The van der Waals surface area contributed by atoms with E-state index in [1.807, 2.05) is 37.3 Å². The molecule has 29 heavy (non-hydrogen) atoms. The van der Waals surface area contributed by atoms with Crippen molar-refractivity contribution < 1.29 is 4.79 Å². The predicted molar refractivity (Wildman–Crippen MR) is 120 cm³/mol. The van der Waals surface area contributed by atoms with E-state index in [0.29, 0.717) is 11.1 Å². The number of aromatic nitrogens is 2. The van der Waals surface area contributed by atoms with E-state index in [1.54, 1.807) is 6.20 Å². The number of imidazole rings is 1. The van der Waals surface area contributed by atoms with Crippen molar-refractivity contribution in [2.45, 2.75) is 38.4 Å². The third-order valence-corrected chi connectivity index (χ3v) is 5.57. The third kappa shape index (κ3) is 5.87. The van der Waals surface area contributed by atoms with Crippen molar-refractivity contribution in [1.29, 1.82) is 0 Å². The average molecular weight is 409 g/mol. The number of nitrogen functional groups attached to an aromatic ring is 1. The zero-order valence-corrected chi connectivity index (χ0v) is 17.9. The molecule has 0 radical (unpaired) electrons. The van der Waals surface area contributed by atoms with E-state index in [0.717, 1.165) is 23.2 Å². The highest BCUT2D eigenvalue weighted by molar-refractivity contribution is 7.99. The second-order valence-electron chi connectivity index (χ2n) is 7.60. The molecule has 0 unspecified atom stereocenters. The van der Waals surface area contributed by atoms with Gasteiger partial charge in [-0.05, 0) is 30.4 Å². The number of benzene rings is 2. The number of hydrogen-bond donors (Lipinski definition) is 2. The van der Waals surface area contributed by atoms with Gasteiger partial charge in [-0.3, -0.25) is 4.79 Å². The van der Waals surface area contributed by atoms with Crippen LogP contribution in [0.4, 0.5) is 0 Å². The SMILES string of the molecule is CC(C)Cc1ccc([C@@H](C)NC(=O)CSc2nc(-c3ccccc3)cn2N)cc1. The Morgan fingerprint density at radius 2 is 1.79 bits per heavy atom. The van der Waals surface area contributed by atoms with Gasteiger partial charge in [0.05, 0.1) is 23.7 Å². The van der Waals surface area contributed by atoms with E-state index in [9.17, 15) is 4.79 Å². The van der Waals surface area contributed by atoms with Gasteiger partial charge < -0.3 is 11.2 Å². The van der Waals surface area contributed by atoms with Crippen LogP contribution in [0.25, 0.3) is 11.3 Å². The van der Waals surface area contributed by atoms with Gasteiger partial charge in [0.25, 0.3) is 0 Å². The van der Waals surface area contributed by atoms with Crippen LogP contribution in [-0.2, 0) is 11.2 Å². The number of carbonyl (C=O) groups is 1. The van der Waals surface area contributed by atoms with Gasteiger partial charge in [-0.15, -0.1) is 0 Å². The summed E-state index contributed by atoms with van der Waals surface area (Å²) in [6.45, 7) is 6.42. The lowest BCUT2D eigenvalue weighted by atomic mass is 10.00. The fourth-order valence-electron chi connectivity index (χ4n) is 3.14. The second-order valence-corrected chi connectivity index (χ2v) is 8.54. The zero-order valence-electron chi connectivity index (χ0n) is 17.1. The minimum atomic E-state index is -0.0475. The highest BCUT2D eigenvalue weighted by Crippen LogP contribution is 2.23. The molecule has 3 aromatic rings. The van der Waals surface area contributed by atoms with Crippen molar-refractivity contribution in [2.24, 2.45) is 5.92 Å². The van der Waals surface area contributed by atoms with Crippen LogP contribution in [0.2, 0.25) is 0 Å². The summed E-state index contributed by atoms with van der Waals surface area (Å²) < 4.78 is 1.47. The zero-order chi connectivity index (χ0) is 20.8. The summed E-state index contributed by atoms with van der Waals surface area (Å²) in [5.41, 5.74) is 4.22. The predicted octanol–water partition coefficient (Wildman–Crippen LogP) is 4.43. The molecular formula is C23H28N4OS. The Morgan fingerprint density at radius 1 is 1.10 bits per heavy atom. The fraction of sp³-hybridized carbons (Fsp3) is 0.304. The van der Waals surface area contributed by atoms with Crippen LogP contribution in [0.3, 0.4) is 0 Å². The quantitative estimate of drug-likeness (QED) is 0.427. The molecule has 0 bridgehead atoms. The molecule has 3 rings (SSSR count). The van der Waals surface area contributed by atoms with Gasteiger partial charge in [-0.1, -0.05) is 80.2 Å². The first-order valence-corrected chi connectivity index (χ1v) is 10.8. The van der Waals surface area contributed by atoms with Crippen LogP contribution in [0.1, 0.15) is 37.9 Å². The fourth-order valence-corrected chi connectivity index (χ4v) is 3.85. The number of nitrogens with two attached hydrogens (primary N) is 1. The van der Waals surface area contributed by atoms with Crippen molar-refractivity contribution in [1.82, 2.24) is 15.0 Å². The molecule has 5 nitrogen and oxygen atoms in total. The largest absolute Gasteiger partial charge is 0.349 e. The second kappa shape index (κ2) is 9.65. The molecule has 0 fully saturated rings. The number of nitrogens with zero attached hydrogens (tertiary/aromatic N) is 2. The molecule has 1 heterocycles. The van der Waals surface area contributed by atoms with Crippen LogP contribution >= 0.6 is 11.8 Å². The van der Waals surface area contributed by atoms with Crippen LogP contribution in [-0.4, -0.2) is 21.3 Å². The van der Waals surface area contributed by atoms with Gasteiger partial charge in [0.15, 0.2) is 5.16 Å². The van der Waals surface area contributed by atoms with Gasteiger partial charge >= 0.3 is 0 Å². The molecule has 6 heteroatoms. The van der Waals surface area contributed by atoms with Gasteiger partial charge in [0.1, 0.15) is 0 Å². The van der Waals surface area contributed by atoms with Crippen molar-refractivity contribution in [2.75, 3.05) is 11.6 Å². The monoisotopic (exact) mass is 408 g/mol. The first-order valence-electron chi connectivity index (χ1n) is 9.83. The van der Waals surface area contributed by atoms with E-state index in [2.05, 4.69) is 48.4 Å². The number of amides is 1. The van der Waals surface area contributed by atoms with Crippen LogP contribution < -0.4 is 11.2 Å². The first-order chi connectivity index (χ1) is 13.9. The summed E-state index contributed by atoms with van der Waals surface area (Å²) in [6, 6.07) is 18.3. The molecule has 0 aliphatic carbocycles. The van der Waals surface area contributed by atoms with Crippen molar-refractivity contribution in [3.05, 3.63) is 71.9 Å². The van der Waals surface area contributed by atoms with Crippen molar-refractivity contribution in [3.8, 4) is 11.3 Å². The summed E-state index contributed by atoms with van der Waals surface area (Å²) in [6.07, 6.45) is 2.84. The normalized spacial score (nSPS) is 12.1. The van der Waals surface area contributed by atoms with Gasteiger partial charge in [0, 0.05) is 5.56 Å². The minimum Gasteiger partial charge on any atom is -0.349 e. The van der Waals surface area contributed by atoms with Crippen molar-refractivity contribution >= 4 is 17.7 Å². The lowest BCUT2D eigenvalue weighted by molar-refractivity contribution is -0.119. The van der Waals surface area contributed by atoms with Gasteiger partial charge in [0.2, 0.25) is 5.91 Å². The Bertz CT molecular complexity index is 935. The maximum absolute atomic E-state index is 12.4. The van der Waals surface area contributed by atoms with Crippen LogP contribution in [0, 0.1) is 5.92 Å². The molecular weight excluding hydrogens is 380 g/mol. The summed E-state index contributed by atoms with van der Waals surface area (Å²) in [7, 11) is 0. The Kier molecular flexibility index (Phi) is 6.99.